The third-order valence-electron chi connectivity index (χ3n) is 2.98. The van der Waals surface area contributed by atoms with Gasteiger partial charge in [0.1, 0.15) is 5.75 Å². The number of rotatable bonds is 3. The molecule has 0 spiro atoms. The summed E-state index contributed by atoms with van der Waals surface area (Å²) in [5, 5.41) is 0. The predicted molar refractivity (Wildman–Crippen MR) is 64.2 cm³/mol. The summed E-state index contributed by atoms with van der Waals surface area (Å²) in [4.78, 5) is 0. The normalized spacial score (nSPS) is 14.4. The van der Waals surface area contributed by atoms with Crippen LogP contribution in [0.1, 0.15) is 37.3 Å². The summed E-state index contributed by atoms with van der Waals surface area (Å²) in [6.45, 7) is 2.23. The third kappa shape index (κ3) is 2.06. The van der Waals surface area contributed by atoms with Crippen molar-refractivity contribution in [3.63, 3.8) is 0 Å². The van der Waals surface area contributed by atoms with E-state index < -0.39 is 0 Å². The van der Waals surface area contributed by atoms with Crippen molar-refractivity contribution >= 4 is 5.57 Å². The molecule has 1 aliphatic carbocycles. The molecule has 1 aromatic rings. The molecule has 0 saturated heterocycles. The first-order chi connectivity index (χ1) is 7.35. The van der Waals surface area contributed by atoms with Crippen molar-refractivity contribution in [1.82, 2.24) is 0 Å². The number of aryl methyl sites for hydroxylation is 1. The molecule has 0 bridgehead atoms. The van der Waals surface area contributed by atoms with Crippen LogP contribution in [-0.2, 0) is 6.42 Å². The highest BCUT2D eigenvalue weighted by atomic mass is 16.5. The highest BCUT2D eigenvalue weighted by Crippen LogP contribution is 2.31. The molecule has 1 nitrogen and oxygen atoms in total. The quantitative estimate of drug-likeness (QED) is 0.724. The molecule has 0 atom stereocenters. The average molecular weight is 202 g/mol. The molecule has 0 radical (unpaired) electrons. The minimum absolute atomic E-state index is 0.978. The topological polar surface area (TPSA) is 9.23 Å². The van der Waals surface area contributed by atoms with Crippen LogP contribution in [0.25, 0.3) is 5.57 Å². The van der Waals surface area contributed by atoms with Crippen LogP contribution >= 0.6 is 0 Å². The van der Waals surface area contributed by atoms with E-state index in [9.17, 15) is 0 Å². The van der Waals surface area contributed by atoms with Gasteiger partial charge in [-0.15, -0.1) is 0 Å². The minimum Gasteiger partial charge on any atom is -0.497 e. The van der Waals surface area contributed by atoms with Gasteiger partial charge in [0.15, 0.2) is 0 Å². The first-order valence-electron chi connectivity index (χ1n) is 5.71. The lowest BCUT2D eigenvalue weighted by atomic mass is 9.88. The molecule has 1 aliphatic rings. The van der Waals surface area contributed by atoms with Gasteiger partial charge in [-0.3, -0.25) is 0 Å². The zero-order chi connectivity index (χ0) is 10.7. The third-order valence-corrected chi connectivity index (χ3v) is 2.98. The number of hydrogen-bond acceptors (Lipinski definition) is 1. The molecule has 0 aromatic heterocycles. The predicted octanol–water partition coefficient (Wildman–Crippen LogP) is 3.82. The molecule has 15 heavy (non-hydrogen) atoms. The standard InChI is InChI=1S/C14H18O/c1-3-5-11-6-4-7-12-10-13(15-2)8-9-14(11)12/h6,8-10H,3-5,7H2,1-2H3. The minimum atomic E-state index is 0.978. The van der Waals surface area contributed by atoms with Crippen molar-refractivity contribution in [3.05, 3.63) is 35.4 Å². The van der Waals surface area contributed by atoms with Gasteiger partial charge in [-0.1, -0.05) is 25.5 Å². The van der Waals surface area contributed by atoms with Gasteiger partial charge in [-0.2, -0.15) is 0 Å². The van der Waals surface area contributed by atoms with Crippen LogP contribution in [0, 0.1) is 0 Å². The van der Waals surface area contributed by atoms with E-state index in [1.54, 1.807) is 7.11 Å². The van der Waals surface area contributed by atoms with E-state index in [0.717, 1.165) is 12.2 Å². The first kappa shape index (κ1) is 10.3. The maximum absolute atomic E-state index is 5.26. The van der Waals surface area contributed by atoms with E-state index >= 15 is 0 Å². The summed E-state index contributed by atoms with van der Waals surface area (Å²) in [6, 6.07) is 6.44. The first-order valence-corrected chi connectivity index (χ1v) is 5.71. The molecule has 1 heteroatoms. The van der Waals surface area contributed by atoms with E-state index in [1.165, 1.54) is 36.0 Å². The van der Waals surface area contributed by atoms with Crippen LogP contribution in [0.2, 0.25) is 0 Å². The van der Waals surface area contributed by atoms with E-state index in [4.69, 9.17) is 4.74 Å². The summed E-state index contributed by atoms with van der Waals surface area (Å²) in [7, 11) is 1.73. The maximum atomic E-state index is 5.26. The highest BCUT2D eigenvalue weighted by molar-refractivity contribution is 5.70. The average Bonchev–Trinajstić information content (AvgIpc) is 2.29. The lowest BCUT2D eigenvalue weighted by Crippen LogP contribution is -2.00. The fourth-order valence-electron chi connectivity index (χ4n) is 2.24. The van der Waals surface area contributed by atoms with E-state index in [1.807, 2.05) is 0 Å². The van der Waals surface area contributed by atoms with E-state index in [-0.39, 0.29) is 0 Å². The summed E-state index contributed by atoms with van der Waals surface area (Å²) >= 11 is 0. The summed E-state index contributed by atoms with van der Waals surface area (Å²) in [5.41, 5.74) is 4.39. The van der Waals surface area contributed by atoms with Crippen LogP contribution in [0.3, 0.4) is 0 Å². The van der Waals surface area contributed by atoms with E-state index in [0.29, 0.717) is 0 Å². The zero-order valence-corrected chi connectivity index (χ0v) is 9.55. The van der Waals surface area contributed by atoms with Crippen LogP contribution < -0.4 is 4.74 Å². The van der Waals surface area contributed by atoms with Crippen molar-refractivity contribution in [3.8, 4) is 5.75 Å². The molecule has 0 heterocycles. The molecule has 80 valence electrons. The molecule has 0 saturated carbocycles. The van der Waals surface area contributed by atoms with Crippen molar-refractivity contribution in [2.24, 2.45) is 0 Å². The van der Waals surface area contributed by atoms with Gasteiger partial charge in [-0.05, 0) is 48.1 Å². The molecule has 0 amide bonds. The van der Waals surface area contributed by atoms with Gasteiger partial charge < -0.3 is 4.74 Å². The van der Waals surface area contributed by atoms with E-state index in [2.05, 4.69) is 31.2 Å². The van der Waals surface area contributed by atoms with Gasteiger partial charge >= 0.3 is 0 Å². The molecule has 0 aliphatic heterocycles. The number of allylic oxidation sites excluding steroid dienone is 2. The number of hydrogen-bond donors (Lipinski definition) is 0. The molecule has 0 fully saturated rings. The number of ether oxygens (including phenoxy) is 1. The Labute approximate surface area is 91.8 Å². The highest BCUT2D eigenvalue weighted by Gasteiger charge is 2.12. The van der Waals surface area contributed by atoms with Gasteiger partial charge in [0.05, 0.1) is 7.11 Å². The van der Waals surface area contributed by atoms with Crippen molar-refractivity contribution in [1.29, 1.82) is 0 Å². The number of benzene rings is 1. The lowest BCUT2D eigenvalue weighted by molar-refractivity contribution is 0.414. The van der Waals surface area contributed by atoms with Crippen molar-refractivity contribution in [2.45, 2.75) is 32.6 Å². The Morgan fingerprint density at radius 2 is 2.20 bits per heavy atom. The molecule has 0 unspecified atom stereocenters. The monoisotopic (exact) mass is 202 g/mol. The van der Waals surface area contributed by atoms with Crippen LogP contribution in [0.4, 0.5) is 0 Å². The molecular weight excluding hydrogens is 184 g/mol. The van der Waals surface area contributed by atoms with Crippen LogP contribution in [-0.4, -0.2) is 7.11 Å². The number of fused-ring (bicyclic) bond motifs is 1. The summed E-state index contributed by atoms with van der Waals surface area (Å²) in [6.07, 6.45) is 7.13. The molecule has 0 N–H and O–H groups in total. The van der Waals surface area contributed by atoms with Gasteiger partial charge in [0.25, 0.3) is 0 Å². The SMILES string of the molecule is CCCC1=CCCc2cc(OC)ccc21. The van der Waals surface area contributed by atoms with Crippen LogP contribution in [0.15, 0.2) is 24.3 Å². The number of methoxy groups -OCH3 is 1. The maximum Gasteiger partial charge on any atom is 0.119 e. The molecular formula is C14H18O. The lowest BCUT2D eigenvalue weighted by Gasteiger charge is -2.18. The zero-order valence-electron chi connectivity index (χ0n) is 9.55. The Kier molecular flexibility index (Phi) is 3.10. The second kappa shape index (κ2) is 4.52. The Balaban J connectivity index is 2.35. The van der Waals surface area contributed by atoms with Gasteiger partial charge in [0, 0.05) is 0 Å². The fraction of sp³-hybridized carbons (Fsp3) is 0.429. The summed E-state index contributed by atoms with van der Waals surface area (Å²) in [5.74, 6) is 0.978. The Morgan fingerprint density at radius 1 is 1.33 bits per heavy atom. The van der Waals surface area contributed by atoms with Crippen molar-refractivity contribution in [2.75, 3.05) is 7.11 Å². The Morgan fingerprint density at radius 3 is 2.93 bits per heavy atom. The van der Waals surface area contributed by atoms with Gasteiger partial charge in [0.2, 0.25) is 0 Å². The fourth-order valence-corrected chi connectivity index (χ4v) is 2.24. The second-order valence-electron chi connectivity index (χ2n) is 4.04. The summed E-state index contributed by atoms with van der Waals surface area (Å²) < 4.78 is 5.26. The Bertz CT molecular complexity index is 377. The van der Waals surface area contributed by atoms with Crippen LogP contribution in [0.5, 0.6) is 5.75 Å². The smallest absolute Gasteiger partial charge is 0.119 e. The second-order valence-corrected chi connectivity index (χ2v) is 4.04. The molecule has 2 rings (SSSR count). The Hall–Kier alpha value is -1.24. The van der Waals surface area contributed by atoms with Crippen molar-refractivity contribution < 1.29 is 4.74 Å². The molecule has 1 aromatic carbocycles. The largest absolute Gasteiger partial charge is 0.497 e. The van der Waals surface area contributed by atoms with Gasteiger partial charge in [-0.25, -0.2) is 0 Å².